The molecule has 4 nitrogen and oxygen atoms in total. The van der Waals surface area contributed by atoms with Crippen molar-refractivity contribution in [2.45, 2.75) is 43.3 Å². The van der Waals surface area contributed by atoms with Crippen LogP contribution in [0, 0.1) is 5.92 Å². The molecule has 0 saturated carbocycles. The molecule has 1 aliphatic rings. The van der Waals surface area contributed by atoms with Crippen molar-refractivity contribution in [2.75, 3.05) is 26.2 Å². The van der Waals surface area contributed by atoms with Gasteiger partial charge in [-0.2, -0.15) is 0 Å². The van der Waals surface area contributed by atoms with Crippen LogP contribution < -0.4 is 5.32 Å². The highest BCUT2D eigenvalue weighted by molar-refractivity contribution is 7.98. The van der Waals surface area contributed by atoms with Crippen LogP contribution in [0.4, 0.5) is 0 Å². The van der Waals surface area contributed by atoms with Gasteiger partial charge in [0.1, 0.15) is 0 Å². The molecule has 3 rings (SSSR count). The second-order valence-electron chi connectivity index (χ2n) is 7.69. The fraction of sp³-hybridized carbons (Fsp3) is 0.478. The number of benzene rings is 1. The molecule has 0 radical (unpaired) electrons. The van der Waals surface area contributed by atoms with Crippen molar-refractivity contribution in [3.05, 3.63) is 59.9 Å². The van der Waals surface area contributed by atoms with Crippen molar-refractivity contribution in [3.8, 4) is 0 Å². The van der Waals surface area contributed by atoms with Crippen molar-refractivity contribution < 1.29 is 4.79 Å². The smallest absolute Gasteiger partial charge is 0.251 e. The second kappa shape index (κ2) is 11.2. The molecule has 1 unspecified atom stereocenters. The zero-order valence-corrected chi connectivity index (χ0v) is 17.6. The predicted octanol–water partition coefficient (Wildman–Crippen LogP) is 4.62. The predicted molar refractivity (Wildman–Crippen MR) is 117 cm³/mol. The topological polar surface area (TPSA) is 45.2 Å². The van der Waals surface area contributed by atoms with Gasteiger partial charge in [0.2, 0.25) is 0 Å². The van der Waals surface area contributed by atoms with E-state index >= 15 is 0 Å². The van der Waals surface area contributed by atoms with E-state index in [1.165, 1.54) is 31.5 Å². The van der Waals surface area contributed by atoms with Crippen LogP contribution in [0.1, 0.15) is 48.5 Å². The lowest BCUT2D eigenvalue weighted by Gasteiger charge is -2.30. The summed E-state index contributed by atoms with van der Waals surface area (Å²) in [7, 11) is 0. The number of carbonyl (C=O) groups is 1. The SMILES string of the molecule is CC1CCCN(CCCCNC(=O)c2ccc(SCc3cccnc3)cc2)C1. The summed E-state index contributed by atoms with van der Waals surface area (Å²) in [4.78, 5) is 20.2. The van der Waals surface area contributed by atoms with Crippen LogP contribution >= 0.6 is 11.8 Å². The van der Waals surface area contributed by atoms with Crippen LogP contribution in [0.2, 0.25) is 0 Å². The van der Waals surface area contributed by atoms with Crippen molar-refractivity contribution in [2.24, 2.45) is 5.92 Å². The van der Waals surface area contributed by atoms with Crippen LogP contribution in [0.5, 0.6) is 0 Å². The summed E-state index contributed by atoms with van der Waals surface area (Å²) in [6.45, 7) is 6.72. The number of nitrogens with one attached hydrogen (secondary N) is 1. The molecule has 1 aliphatic heterocycles. The minimum Gasteiger partial charge on any atom is -0.352 e. The Labute approximate surface area is 173 Å². The van der Waals surface area contributed by atoms with E-state index in [0.29, 0.717) is 0 Å². The molecular formula is C23H31N3OS. The maximum absolute atomic E-state index is 12.3. The quantitative estimate of drug-likeness (QED) is 0.495. The maximum Gasteiger partial charge on any atom is 0.251 e. The van der Waals surface area contributed by atoms with E-state index in [9.17, 15) is 4.79 Å². The average Bonchev–Trinajstić information content (AvgIpc) is 2.73. The first kappa shape index (κ1) is 20.9. The highest BCUT2D eigenvalue weighted by Gasteiger charge is 2.15. The molecule has 2 aromatic rings. The van der Waals surface area contributed by atoms with Gasteiger partial charge in [-0.05, 0) is 80.6 Å². The minimum absolute atomic E-state index is 0.0235. The molecule has 1 atom stereocenters. The van der Waals surface area contributed by atoms with Crippen molar-refractivity contribution >= 4 is 17.7 Å². The summed E-state index contributed by atoms with van der Waals surface area (Å²) in [5.41, 5.74) is 1.93. The zero-order chi connectivity index (χ0) is 19.6. The Kier molecular flexibility index (Phi) is 8.37. The van der Waals surface area contributed by atoms with Gasteiger partial charge in [-0.25, -0.2) is 0 Å². The molecule has 1 aromatic carbocycles. The van der Waals surface area contributed by atoms with Crippen LogP contribution in [0.25, 0.3) is 0 Å². The van der Waals surface area contributed by atoms with Crippen LogP contribution in [0.3, 0.4) is 0 Å². The lowest BCUT2D eigenvalue weighted by molar-refractivity contribution is 0.0952. The molecule has 0 bridgehead atoms. The number of hydrogen-bond acceptors (Lipinski definition) is 4. The fourth-order valence-corrected chi connectivity index (χ4v) is 4.44. The van der Waals surface area contributed by atoms with Crippen LogP contribution in [-0.4, -0.2) is 42.0 Å². The number of thioether (sulfide) groups is 1. The van der Waals surface area contributed by atoms with Gasteiger partial charge in [0.05, 0.1) is 0 Å². The fourth-order valence-electron chi connectivity index (χ4n) is 3.61. The van der Waals surface area contributed by atoms with E-state index in [2.05, 4.69) is 28.2 Å². The third-order valence-electron chi connectivity index (χ3n) is 5.17. The van der Waals surface area contributed by atoms with E-state index in [-0.39, 0.29) is 5.91 Å². The number of likely N-dealkylation sites (tertiary alicyclic amines) is 1. The van der Waals surface area contributed by atoms with Gasteiger partial charge >= 0.3 is 0 Å². The Morgan fingerprint density at radius 3 is 2.86 bits per heavy atom. The molecular weight excluding hydrogens is 366 g/mol. The Balaban J connectivity index is 1.33. The second-order valence-corrected chi connectivity index (χ2v) is 8.73. The van der Waals surface area contributed by atoms with Crippen molar-refractivity contribution in [1.82, 2.24) is 15.2 Å². The van der Waals surface area contributed by atoms with E-state index in [4.69, 9.17) is 0 Å². The highest BCUT2D eigenvalue weighted by Crippen LogP contribution is 2.22. The molecule has 0 spiro atoms. The van der Waals surface area contributed by atoms with E-state index in [0.717, 1.165) is 48.1 Å². The summed E-state index contributed by atoms with van der Waals surface area (Å²) in [5.74, 6) is 1.74. The number of amides is 1. The average molecular weight is 398 g/mol. The van der Waals surface area contributed by atoms with Gasteiger partial charge < -0.3 is 10.2 Å². The zero-order valence-electron chi connectivity index (χ0n) is 16.8. The van der Waals surface area contributed by atoms with Gasteiger partial charge in [0, 0.05) is 41.7 Å². The minimum atomic E-state index is 0.0235. The highest BCUT2D eigenvalue weighted by atomic mass is 32.2. The molecule has 1 N–H and O–H groups in total. The molecule has 28 heavy (non-hydrogen) atoms. The van der Waals surface area contributed by atoms with E-state index < -0.39 is 0 Å². The summed E-state index contributed by atoms with van der Waals surface area (Å²) >= 11 is 1.76. The number of unbranched alkanes of at least 4 members (excludes halogenated alkanes) is 1. The number of rotatable bonds is 9. The normalized spacial score (nSPS) is 17.4. The first-order valence-corrected chi connectivity index (χ1v) is 11.3. The molecule has 2 heterocycles. The number of pyridine rings is 1. The van der Waals surface area contributed by atoms with E-state index in [1.54, 1.807) is 18.0 Å². The number of hydrogen-bond donors (Lipinski definition) is 1. The Hall–Kier alpha value is -1.85. The molecule has 1 saturated heterocycles. The molecule has 1 amide bonds. The third-order valence-corrected chi connectivity index (χ3v) is 6.26. The lowest BCUT2D eigenvalue weighted by Crippen LogP contribution is -2.35. The largest absolute Gasteiger partial charge is 0.352 e. The molecule has 1 fully saturated rings. The lowest BCUT2D eigenvalue weighted by atomic mass is 10.0. The summed E-state index contributed by atoms with van der Waals surface area (Å²) in [6, 6.07) is 11.9. The molecule has 1 aromatic heterocycles. The Morgan fingerprint density at radius 1 is 1.25 bits per heavy atom. The first-order valence-electron chi connectivity index (χ1n) is 10.3. The van der Waals surface area contributed by atoms with Gasteiger partial charge in [0.25, 0.3) is 5.91 Å². The monoisotopic (exact) mass is 397 g/mol. The van der Waals surface area contributed by atoms with E-state index in [1.807, 2.05) is 36.5 Å². The third kappa shape index (κ3) is 6.95. The number of piperidine rings is 1. The van der Waals surface area contributed by atoms with Gasteiger partial charge in [0.15, 0.2) is 0 Å². The summed E-state index contributed by atoms with van der Waals surface area (Å²) < 4.78 is 0. The number of carbonyl (C=O) groups excluding carboxylic acids is 1. The number of nitrogens with zero attached hydrogens (tertiary/aromatic N) is 2. The van der Waals surface area contributed by atoms with Crippen LogP contribution in [-0.2, 0) is 5.75 Å². The summed E-state index contributed by atoms with van der Waals surface area (Å²) in [5, 5.41) is 3.05. The maximum atomic E-state index is 12.3. The van der Waals surface area contributed by atoms with Crippen molar-refractivity contribution in [3.63, 3.8) is 0 Å². The molecule has 0 aliphatic carbocycles. The van der Waals surface area contributed by atoms with Gasteiger partial charge in [-0.15, -0.1) is 11.8 Å². The van der Waals surface area contributed by atoms with Crippen molar-refractivity contribution in [1.29, 1.82) is 0 Å². The van der Waals surface area contributed by atoms with Crippen LogP contribution in [0.15, 0.2) is 53.7 Å². The Bertz CT molecular complexity index is 720. The Morgan fingerprint density at radius 2 is 2.11 bits per heavy atom. The van der Waals surface area contributed by atoms with Gasteiger partial charge in [-0.1, -0.05) is 13.0 Å². The summed E-state index contributed by atoms with van der Waals surface area (Å²) in [6.07, 6.45) is 8.56. The molecule has 150 valence electrons. The van der Waals surface area contributed by atoms with Gasteiger partial charge in [-0.3, -0.25) is 9.78 Å². The number of aromatic nitrogens is 1. The standard InChI is InChI=1S/C23H31N3OS/c1-19-6-5-15-26(17-19)14-3-2-13-25-23(27)21-8-10-22(11-9-21)28-18-20-7-4-12-24-16-20/h4,7-12,16,19H,2-3,5-6,13-15,17-18H2,1H3,(H,25,27). The first-order chi connectivity index (χ1) is 13.7. The molecule has 5 heteroatoms.